The molecule has 3 N–H and O–H groups in total. The SMILES string of the molecule is CCNC(=O)c1cc(C)cc(C#CCN)c1. The van der Waals surface area contributed by atoms with Gasteiger partial charge in [-0.2, -0.15) is 0 Å². The number of benzene rings is 1. The molecule has 0 saturated heterocycles. The molecule has 1 aromatic carbocycles. The molecule has 1 aromatic rings. The van der Waals surface area contributed by atoms with Crippen molar-refractivity contribution in [1.82, 2.24) is 5.32 Å². The zero-order valence-corrected chi connectivity index (χ0v) is 9.63. The van der Waals surface area contributed by atoms with Gasteiger partial charge in [-0.15, -0.1) is 0 Å². The molecule has 0 bridgehead atoms. The second kappa shape index (κ2) is 5.94. The lowest BCUT2D eigenvalue weighted by Gasteiger charge is -2.04. The summed E-state index contributed by atoms with van der Waals surface area (Å²) in [6.45, 7) is 4.78. The summed E-state index contributed by atoms with van der Waals surface area (Å²) in [5.74, 6) is 5.64. The Morgan fingerprint density at radius 1 is 1.44 bits per heavy atom. The van der Waals surface area contributed by atoms with Gasteiger partial charge in [-0.05, 0) is 37.6 Å². The van der Waals surface area contributed by atoms with Crippen LogP contribution in [0.2, 0.25) is 0 Å². The molecule has 3 heteroatoms. The van der Waals surface area contributed by atoms with Crippen molar-refractivity contribution in [3.8, 4) is 11.8 Å². The lowest BCUT2D eigenvalue weighted by molar-refractivity contribution is 0.0955. The molecule has 0 aliphatic heterocycles. The first-order chi connectivity index (χ1) is 7.67. The van der Waals surface area contributed by atoms with Crippen LogP contribution in [0.1, 0.15) is 28.4 Å². The van der Waals surface area contributed by atoms with Gasteiger partial charge in [0.15, 0.2) is 0 Å². The number of nitrogens with one attached hydrogen (secondary N) is 1. The largest absolute Gasteiger partial charge is 0.352 e. The van der Waals surface area contributed by atoms with Crippen molar-refractivity contribution < 1.29 is 4.79 Å². The first kappa shape index (κ1) is 12.3. The molecule has 0 aliphatic rings. The van der Waals surface area contributed by atoms with Gasteiger partial charge < -0.3 is 11.1 Å². The van der Waals surface area contributed by atoms with Gasteiger partial charge in [-0.3, -0.25) is 4.79 Å². The second-order valence-electron chi connectivity index (χ2n) is 3.45. The van der Waals surface area contributed by atoms with Gasteiger partial charge in [-0.25, -0.2) is 0 Å². The molecule has 0 heterocycles. The molecule has 0 unspecified atom stereocenters. The van der Waals surface area contributed by atoms with E-state index in [1.165, 1.54) is 0 Å². The van der Waals surface area contributed by atoms with Crippen molar-refractivity contribution in [1.29, 1.82) is 0 Å². The highest BCUT2D eigenvalue weighted by Gasteiger charge is 2.05. The van der Waals surface area contributed by atoms with E-state index in [1.54, 1.807) is 6.07 Å². The van der Waals surface area contributed by atoms with Crippen LogP contribution in [0.4, 0.5) is 0 Å². The van der Waals surface area contributed by atoms with Gasteiger partial charge in [0.05, 0.1) is 6.54 Å². The monoisotopic (exact) mass is 216 g/mol. The van der Waals surface area contributed by atoms with E-state index in [-0.39, 0.29) is 5.91 Å². The number of carbonyl (C=O) groups excluding carboxylic acids is 1. The Hall–Kier alpha value is -1.79. The molecule has 16 heavy (non-hydrogen) atoms. The molecule has 0 saturated carbocycles. The Morgan fingerprint density at radius 2 is 2.19 bits per heavy atom. The smallest absolute Gasteiger partial charge is 0.251 e. The fourth-order valence-corrected chi connectivity index (χ4v) is 1.40. The van der Waals surface area contributed by atoms with Crippen LogP contribution in [-0.2, 0) is 0 Å². The topological polar surface area (TPSA) is 55.1 Å². The van der Waals surface area contributed by atoms with Crippen molar-refractivity contribution in [3.05, 3.63) is 34.9 Å². The maximum absolute atomic E-state index is 11.6. The number of carbonyl (C=O) groups is 1. The molecule has 0 atom stereocenters. The molecule has 0 spiro atoms. The van der Waals surface area contributed by atoms with Gasteiger partial charge in [0.1, 0.15) is 0 Å². The average Bonchev–Trinajstić information content (AvgIpc) is 2.26. The molecule has 1 amide bonds. The number of hydrogen-bond acceptors (Lipinski definition) is 2. The zero-order chi connectivity index (χ0) is 12.0. The molecule has 1 rings (SSSR count). The van der Waals surface area contributed by atoms with Crippen LogP contribution < -0.4 is 11.1 Å². The van der Waals surface area contributed by atoms with E-state index in [0.717, 1.165) is 11.1 Å². The van der Waals surface area contributed by atoms with Crippen LogP contribution in [0.15, 0.2) is 18.2 Å². The zero-order valence-electron chi connectivity index (χ0n) is 9.63. The van der Waals surface area contributed by atoms with Gasteiger partial charge in [0, 0.05) is 17.7 Å². The van der Waals surface area contributed by atoms with Gasteiger partial charge in [0.25, 0.3) is 5.91 Å². The highest BCUT2D eigenvalue weighted by molar-refractivity contribution is 5.94. The second-order valence-corrected chi connectivity index (χ2v) is 3.45. The summed E-state index contributed by atoms with van der Waals surface area (Å²) in [6, 6.07) is 5.56. The minimum absolute atomic E-state index is 0.0676. The summed E-state index contributed by atoms with van der Waals surface area (Å²) < 4.78 is 0. The molecule has 0 aliphatic carbocycles. The Kier molecular flexibility index (Phi) is 4.56. The van der Waals surface area contributed by atoms with Crippen LogP contribution in [0.5, 0.6) is 0 Å². The highest BCUT2D eigenvalue weighted by Crippen LogP contribution is 2.08. The average molecular weight is 216 g/mol. The van der Waals surface area contributed by atoms with E-state index >= 15 is 0 Å². The summed E-state index contributed by atoms with van der Waals surface area (Å²) in [6.07, 6.45) is 0. The van der Waals surface area contributed by atoms with E-state index in [4.69, 9.17) is 5.73 Å². The van der Waals surface area contributed by atoms with E-state index < -0.39 is 0 Å². The lowest BCUT2D eigenvalue weighted by Crippen LogP contribution is -2.22. The first-order valence-electron chi connectivity index (χ1n) is 5.26. The van der Waals surface area contributed by atoms with Gasteiger partial charge >= 0.3 is 0 Å². The van der Waals surface area contributed by atoms with Crippen LogP contribution >= 0.6 is 0 Å². The molecule has 0 aromatic heterocycles. The maximum atomic E-state index is 11.6. The van der Waals surface area contributed by atoms with Crippen LogP contribution in [0, 0.1) is 18.8 Å². The van der Waals surface area contributed by atoms with Crippen molar-refractivity contribution in [2.75, 3.05) is 13.1 Å². The summed E-state index contributed by atoms with van der Waals surface area (Å²) in [5, 5.41) is 2.76. The summed E-state index contributed by atoms with van der Waals surface area (Å²) in [4.78, 5) is 11.6. The van der Waals surface area contributed by atoms with Crippen LogP contribution in [0.25, 0.3) is 0 Å². The van der Waals surface area contributed by atoms with E-state index in [2.05, 4.69) is 17.2 Å². The fraction of sp³-hybridized carbons (Fsp3) is 0.308. The minimum atomic E-state index is -0.0676. The molecule has 84 valence electrons. The quantitative estimate of drug-likeness (QED) is 0.726. The van der Waals surface area contributed by atoms with Gasteiger partial charge in [0.2, 0.25) is 0 Å². The van der Waals surface area contributed by atoms with Crippen LogP contribution in [0.3, 0.4) is 0 Å². The Morgan fingerprint density at radius 3 is 2.81 bits per heavy atom. The maximum Gasteiger partial charge on any atom is 0.251 e. The minimum Gasteiger partial charge on any atom is -0.352 e. The Bertz CT molecular complexity index is 441. The van der Waals surface area contributed by atoms with Crippen molar-refractivity contribution in [2.45, 2.75) is 13.8 Å². The van der Waals surface area contributed by atoms with E-state index in [0.29, 0.717) is 18.7 Å². The number of hydrogen-bond donors (Lipinski definition) is 2. The molecule has 3 nitrogen and oxygen atoms in total. The Balaban J connectivity index is 3.02. The highest BCUT2D eigenvalue weighted by atomic mass is 16.1. The number of nitrogens with two attached hydrogens (primary N) is 1. The summed E-state index contributed by atoms with van der Waals surface area (Å²) in [5.41, 5.74) is 7.79. The van der Waals surface area contributed by atoms with Crippen molar-refractivity contribution in [2.24, 2.45) is 5.73 Å². The predicted octanol–water partition coefficient (Wildman–Crippen LogP) is 1.05. The normalized spacial score (nSPS) is 9.19. The van der Waals surface area contributed by atoms with Crippen molar-refractivity contribution >= 4 is 5.91 Å². The number of rotatable bonds is 2. The molecule has 0 radical (unpaired) electrons. The van der Waals surface area contributed by atoms with E-state index in [1.807, 2.05) is 26.0 Å². The van der Waals surface area contributed by atoms with E-state index in [9.17, 15) is 4.79 Å². The van der Waals surface area contributed by atoms with Gasteiger partial charge in [-0.1, -0.05) is 11.8 Å². The van der Waals surface area contributed by atoms with Crippen molar-refractivity contribution in [3.63, 3.8) is 0 Å². The lowest BCUT2D eigenvalue weighted by atomic mass is 10.1. The number of amides is 1. The third kappa shape index (κ3) is 3.41. The predicted molar refractivity (Wildman–Crippen MR) is 65.1 cm³/mol. The number of aryl methyl sites for hydroxylation is 1. The summed E-state index contributed by atoms with van der Waals surface area (Å²) >= 11 is 0. The summed E-state index contributed by atoms with van der Waals surface area (Å²) in [7, 11) is 0. The third-order valence-corrected chi connectivity index (χ3v) is 2.01. The molecular weight excluding hydrogens is 200 g/mol. The fourth-order valence-electron chi connectivity index (χ4n) is 1.40. The first-order valence-corrected chi connectivity index (χ1v) is 5.26. The van der Waals surface area contributed by atoms with Crippen LogP contribution in [-0.4, -0.2) is 19.0 Å². The third-order valence-electron chi connectivity index (χ3n) is 2.01. The molecule has 0 fully saturated rings. The molecular formula is C13H16N2O. The Labute approximate surface area is 96.0 Å². The standard InChI is InChI=1S/C13H16N2O/c1-3-15-13(16)12-8-10(2)7-11(9-12)5-4-6-14/h7-9H,3,6,14H2,1-2H3,(H,15,16).